The molecular weight excluding hydrogens is 328 g/mol. The molecule has 2 amide bonds. The Morgan fingerprint density at radius 3 is 2.08 bits per heavy atom. The summed E-state index contributed by atoms with van der Waals surface area (Å²) in [6, 6.07) is 16.7. The van der Waals surface area contributed by atoms with Crippen molar-refractivity contribution >= 4 is 34.8 Å². The van der Waals surface area contributed by atoms with Crippen molar-refractivity contribution in [1.82, 2.24) is 0 Å². The molecule has 0 fully saturated rings. The van der Waals surface area contributed by atoms with Crippen LogP contribution in [-0.2, 0) is 0 Å². The average molecular weight is 341 g/mol. The average Bonchev–Trinajstić information content (AvgIpc) is 3.11. The van der Waals surface area contributed by atoms with Crippen LogP contribution in [-0.4, -0.2) is 11.8 Å². The van der Waals surface area contributed by atoms with E-state index in [9.17, 15) is 9.59 Å². The first kappa shape index (κ1) is 15.8. The first-order valence-corrected chi connectivity index (χ1v) is 7.51. The molecule has 0 aliphatic rings. The smallest absolute Gasteiger partial charge is 0.291 e. The summed E-state index contributed by atoms with van der Waals surface area (Å²) in [6.45, 7) is 0. The van der Waals surface area contributed by atoms with E-state index in [1.54, 1.807) is 60.7 Å². The lowest BCUT2D eigenvalue weighted by molar-refractivity contribution is 0.0994. The molecule has 120 valence electrons. The second-order valence-corrected chi connectivity index (χ2v) is 5.41. The Hall–Kier alpha value is -3.05. The Morgan fingerprint density at radius 1 is 0.833 bits per heavy atom. The van der Waals surface area contributed by atoms with Crippen LogP contribution in [0, 0.1) is 0 Å². The van der Waals surface area contributed by atoms with Crippen LogP contribution in [0.25, 0.3) is 0 Å². The Bertz CT molecular complexity index is 858. The summed E-state index contributed by atoms with van der Waals surface area (Å²) in [5.74, 6) is -0.367. The zero-order valence-corrected chi connectivity index (χ0v) is 13.2. The molecule has 0 bridgehead atoms. The number of rotatable bonds is 4. The van der Waals surface area contributed by atoms with Gasteiger partial charge in [-0.2, -0.15) is 0 Å². The van der Waals surface area contributed by atoms with Crippen molar-refractivity contribution in [2.24, 2.45) is 0 Å². The van der Waals surface area contributed by atoms with Crippen molar-refractivity contribution in [2.75, 3.05) is 10.6 Å². The zero-order chi connectivity index (χ0) is 16.9. The van der Waals surface area contributed by atoms with Gasteiger partial charge in [0.05, 0.1) is 6.26 Å². The van der Waals surface area contributed by atoms with Crippen molar-refractivity contribution in [3.8, 4) is 0 Å². The number of benzene rings is 2. The number of nitrogens with one attached hydrogen (secondary N) is 2. The maximum Gasteiger partial charge on any atom is 0.291 e. The molecule has 0 aliphatic carbocycles. The third-order valence-corrected chi connectivity index (χ3v) is 3.47. The second kappa shape index (κ2) is 7.02. The normalized spacial score (nSPS) is 10.2. The maximum absolute atomic E-state index is 12.1. The number of halogens is 1. The van der Waals surface area contributed by atoms with E-state index in [1.807, 2.05) is 0 Å². The van der Waals surface area contributed by atoms with Crippen molar-refractivity contribution in [3.63, 3.8) is 0 Å². The maximum atomic E-state index is 12.1. The Morgan fingerprint density at radius 2 is 1.50 bits per heavy atom. The molecule has 3 rings (SSSR count). The molecule has 2 N–H and O–H groups in total. The third-order valence-electron chi connectivity index (χ3n) is 3.23. The minimum absolute atomic E-state index is 0.230. The topological polar surface area (TPSA) is 71.3 Å². The Kier molecular flexibility index (Phi) is 4.63. The third kappa shape index (κ3) is 3.83. The SMILES string of the molecule is O=C(Nc1ccc(NC(=O)c2ccco2)cc1)c1cccc(Cl)c1. The minimum atomic E-state index is -0.337. The molecule has 2 aromatic carbocycles. The fourth-order valence-electron chi connectivity index (χ4n) is 2.07. The van der Waals surface area contributed by atoms with Crippen LogP contribution in [0.1, 0.15) is 20.9 Å². The Balaban J connectivity index is 1.64. The summed E-state index contributed by atoms with van der Waals surface area (Å²) >= 11 is 5.88. The molecular formula is C18H13ClN2O3. The zero-order valence-electron chi connectivity index (χ0n) is 12.5. The van der Waals surface area contributed by atoms with Gasteiger partial charge in [-0.05, 0) is 54.6 Å². The van der Waals surface area contributed by atoms with Crippen LogP contribution in [0.15, 0.2) is 71.3 Å². The van der Waals surface area contributed by atoms with Gasteiger partial charge in [0, 0.05) is 22.0 Å². The van der Waals surface area contributed by atoms with Gasteiger partial charge in [0.25, 0.3) is 11.8 Å². The predicted molar refractivity (Wildman–Crippen MR) is 92.5 cm³/mol. The van der Waals surface area contributed by atoms with E-state index in [1.165, 1.54) is 6.26 Å². The number of carbonyl (C=O) groups excluding carboxylic acids is 2. The standard InChI is InChI=1S/C18H13ClN2O3/c19-13-4-1-3-12(11-13)17(22)20-14-6-8-15(9-7-14)21-18(23)16-5-2-10-24-16/h1-11H,(H,20,22)(H,21,23). The molecule has 0 aliphatic heterocycles. The summed E-state index contributed by atoms with van der Waals surface area (Å²) in [7, 11) is 0. The predicted octanol–water partition coefficient (Wildman–Crippen LogP) is 4.44. The van der Waals surface area contributed by atoms with E-state index in [4.69, 9.17) is 16.0 Å². The van der Waals surface area contributed by atoms with Gasteiger partial charge in [-0.15, -0.1) is 0 Å². The molecule has 0 radical (unpaired) electrons. The monoisotopic (exact) mass is 340 g/mol. The summed E-state index contributed by atoms with van der Waals surface area (Å²) in [5.41, 5.74) is 1.67. The molecule has 6 heteroatoms. The molecule has 0 unspecified atom stereocenters. The van der Waals surface area contributed by atoms with Gasteiger partial charge in [0.15, 0.2) is 5.76 Å². The van der Waals surface area contributed by atoms with Crippen molar-refractivity contribution in [3.05, 3.63) is 83.3 Å². The fraction of sp³-hybridized carbons (Fsp3) is 0. The highest BCUT2D eigenvalue weighted by molar-refractivity contribution is 6.31. The second-order valence-electron chi connectivity index (χ2n) is 4.97. The summed E-state index contributed by atoms with van der Waals surface area (Å²) in [5, 5.41) is 5.96. The highest BCUT2D eigenvalue weighted by atomic mass is 35.5. The quantitative estimate of drug-likeness (QED) is 0.737. The van der Waals surface area contributed by atoms with Gasteiger partial charge in [-0.3, -0.25) is 9.59 Å². The summed E-state index contributed by atoms with van der Waals surface area (Å²) in [4.78, 5) is 24.0. The van der Waals surface area contributed by atoms with Gasteiger partial charge in [-0.25, -0.2) is 0 Å². The van der Waals surface area contributed by atoms with E-state index in [2.05, 4.69) is 10.6 Å². The van der Waals surface area contributed by atoms with Gasteiger partial charge >= 0.3 is 0 Å². The number of furan rings is 1. The van der Waals surface area contributed by atoms with Crippen LogP contribution < -0.4 is 10.6 Å². The van der Waals surface area contributed by atoms with Gasteiger partial charge in [-0.1, -0.05) is 17.7 Å². The van der Waals surface area contributed by atoms with Crippen LogP contribution >= 0.6 is 11.6 Å². The van der Waals surface area contributed by atoms with E-state index in [-0.39, 0.29) is 17.6 Å². The van der Waals surface area contributed by atoms with Gasteiger partial charge < -0.3 is 15.1 Å². The number of anilines is 2. The highest BCUT2D eigenvalue weighted by Gasteiger charge is 2.09. The molecule has 0 saturated carbocycles. The van der Waals surface area contributed by atoms with Crippen molar-refractivity contribution < 1.29 is 14.0 Å². The lowest BCUT2D eigenvalue weighted by Crippen LogP contribution is -2.12. The molecule has 5 nitrogen and oxygen atoms in total. The number of hydrogen-bond acceptors (Lipinski definition) is 3. The van der Waals surface area contributed by atoms with Crippen LogP contribution in [0.3, 0.4) is 0 Å². The molecule has 3 aromatic rings. The molecule has 0 saturated heterocycles. The largest absolute Gasteiger partial charge is 0.459 e. The van der Waals surface area contributed by atoms with E-state index >= 15 is 0 Å². The molecule has 24 heavy (non-hydrogen) atoms. The fourth-order valence-corrected chi connectivity index (χ4v) is 2.26. The number of amides is 2. The summed E-state index contributed by atoms with van der Waals surface area (Å²) in [6.07, 6.45) is 1.43. The lowest BCUT2D eigenvalue weighted by atomic mass is 10.2. The number of hydrogen-bond donors (Lipinski definition) is 2. The minimum Gasteiger partial charge on any atom is -0.459 e. The van der Waals surface area contributed by atoms with Crippen molar-refractivity contribution in [2.45, 2.75) is 0 Å². The van der Waals surface area contributed by atoms with E-state index in [0.717, 1.165) is 0 Å². The highest BCUT2D eigenvalue weighted by Crippen LogP contribution is 2.17. The van der Waals surface area contributed by atoms with Crippen LogP contribution in [0.2, 0.25) is 5.02 Å². The number of carbonyl (C=O) groups is 2. The first-order chi connectivity index (χ1) is 11.6. The molecule has 0 atom stereocenters. The van der Waals surface area contributed by atoms with Crippen molar-refractivity contribution in [1.29, 1.82) is 0 Å². The first-order valence-electron chi connectivity index (χ1n) is 7.14. The van der Waals surface area contributed by atoms with Gasteiger partial charge in [0.1, 0.15) is 0 Å². The Labute approximate surface area is 143 Å². The molecule has 1 aromatic heterocycles. The van der Waals surface area contributed by atoms with Gasteiger partial charge in [0.2, 0.25) is 0 Å². The van der Waals surface area contributed by atoms with E-state index < -0.39 is 0 Å². The lowest BCUT2D eigenvalue weighted by Gasteiger charge is -2.07. The molecule has 1 heterocycles. The molecule has 0 spiro atoms. The van der Waals surface area contributed by atoms with Crippen LogP contribution in [0.4, 0.5) is 11.4 Å². The van der Waals surface area contributed by atoms with Crippen LogP contribution in [0.5, 0.6) is 0 Å². The van der Waals surface area contributed by atoms with E-state index in [0.29, 0.717) is 22.0 Å². The summed E-state index contributed by atoms with van der Waals surface area (Å²) < 4.78 is 5.02.